The molecule has 3 rings (SSSR count). The number of nitrogens with two attached hydrogens (primary N) is 1. The third-order valence-electron chi connectivity index (χ3n) is 3.44. The van der Waals surface area contributed by atoms with E-state index >= 15 is 0 Å². The third kappa shape index (κ3) is 2.69. The van der Waals surface area contributed by atoms with E-state index in [-0.39, 0.29) is 22.6 Å². The summed E-state index contributed by atoms with van der Waals surface area (Å²) in [6, 6.07) is 1.69. The molecule has 3 N–H and O–H groups in total. The number of benzene rings is 1. The first-order valence-corrected chi connectivity index (χ1v) is 7.89. The Labute approximate surface area is 150 Å². The predicted molar refractivity (Wildman–Crippen MR) is 92.8 cm³/mol. The lowest BCUT2D eigenvalue weighted by molar-refractivity contribution is 0.337. The molecule has 0 atom stereocenters. The van der Waals surface area contributed by atoms with Crippen molar-refractivity contribution in [2.45, 2.75) is 6.54 Å². The van der Waals surface area contributed by atoms with Gasteiger partial charge in [0.2, 0.25) is 11.7 Å². The van der Waals surface area contributed by atoms with Crippen molar-refractivity contribution in [1.29, 1.82) is 0 Å². The summed E-state index contributed by atoms with van der Waals surface area (Å²) in [5, 5.41) is 10.3. The van der Waals surface area contributed by atoms with Gasteiger partial charge in [0.05, 0.1) is 31.6 Å². The summed E-state index contributed by atoms with van der Waals surface area (Å²) in [7, 11) is 2.93. The lowest BCUT2D eigenvalue weighted by Gasteiger charge is -2.15. The van der Waals surface area contributed by atoms with Gasteiger partial charge in [-0.25, -0.2) is 4.98 Å². The van der Waals surface area contributed by atoms with Crippen LogP contribution < -0.4 is 15.2 Å². The second-order valence-electron chi connectivity index (χ2n) is 4.85. The van der Waals surface area contributed by atoms with Crippen LogP contribution in [0.2, 0.25) is 5.15 Å². The zero-order valence-corrected chi connectivity index (χ0v) is 15.1. The number of aromatic hydroxyl groups is 1. The van der Waals surface area contributed by atoms with Gasteiger partial charge in [-0.2, -0.15) is 9.97 Å². The molecule has 24 heavy (non-hydrogen) atoms. The lowest BCUT2D eigenvalue weighted by Crippen LogP contribution is -2.04. The van der Waals surface area contributed by atoms with Crippen LogP contribution in [0.3, 0.4) is 0 Å². The Morgan fingerprint density at radius 2 is 2.08 bits per heavy atom. The van der Waals surface area contributed by atoms with E-state index in [9.17, 15) is 5.11 Å². The molecule has 10 heteroatoms. The molecular formula is C14H13BrClN5O3. The number of phenols is 1. The molecule has 0 aliphatic heterocycles. The van der Waals surface area contributed by atoms with Gasteiger partial charge in [0, 0.05) is 0 Å². The number of methoxy groups -OCH3 is 2. The van der Waals surface area contributed by atoms with Crippen molar-refractivity contribution >= 4 is 44.6 Å². The van der Waals surface area contributed by atoms with E-state index in [2.05, 4.69) is 30.9 Å². The molecule has 0 unspecified atom stereocenters. The quantitative estimate of drug-likeness (QED) is 0.632. The zero-order valence-electron chi connectivity index (χ0n) is 12.7. The fourth-order valence-electron chi connectivity index (χ4n) is 2.33. The van der Waals surface area contributed by atoms with Crippen LogP contribution in [0.15, 0.2) is 16.9 Å². The first kappa shape index (κ1) is 16.6. The lowest BCUT2D eigenvalue weighted by atomic mass is 10.1. The maximum atomic E-state index is 10.1. The molecule has 0 aliphatic carbocycles. The molecule has 0 aliphatic rings. The summed E-state index contributed by atoms with van der Waals surface area (Å²) in [5.41, 5.74) is 7.41. The normalized spacial score (nSPS) is 11.0. The summed E-state index contributed by atoms with van der Waals surface area (Å²) in [6.07, 6.45) is 1.59. The van der Waals surface area contributed by atoms with Gasteiger partial charge in [-0.3, -0.25) is 0 Å². The monoisotopic (exact) mass is 413 g/mol. The Balaban J connectivity index is 2.12. The highest BCUT2D eigenvalue weighted by atomic mass is 79.9. The minimum Gasteiger partial charge on any atom is -0.502 e. The molecule has 2 aromatic heterocycles. The number of aromatic nitrogens is 4. The molecule has 126 valence electrons. The van der Waals surface area contributed by atoms with Crippen molar-refractivity contribution in [3.8, 4) is 17.2 Å². The van der Waals surface area contributed by atoms with Crippen LogP contribution in [-0.4, -0.2) is 38.8 Å². The van der Waals surface area contributed by atoms with E-state index in [1.165, 1.54) is 14.2 Å². The van der Waals surface area contributed by atoms with Gasteiger partial charge >= 0.3 is 0 Å². The predicted octanol–water partition coefficient (Wildman–Crippen LogP) is 2.60. The van der Waals surface area contributed by atoms with Crippen LogP contribution in [0.25, 0.3) is 11.2 Å². The Kier molecular flexibility index (Phi) is 4.37. The number of imidazole rings is 1. The van der Waals surface area contributed by atoms with E-state index in [4.69, 9.17) is 26.8 Å². The second-order valence-corrected chi connectivity index (χ2v) is 6.00. The van der Waals surface area contributed by atoms with Gasteiger partial charge in [0.1, 0.15) is 5.52 Å². The molecular weight excluding hydrogens is 402 g/mol. The molecule has 0 saturated carbocycles. The van der Waals surface area contributed by atoms with Gasteiger partial charge in [0.15, 0.2) is 22.3 Å². The number of rotatable bonds is 4. The van der Waals surface area contributed by atoms with E-state index in [1.807, 2.05) is 0 Å². The van der Waals surface area contributed by atoms with Crippen LogP contribution in [0.4, 0.5) is 5.95 Å². The van der Waals surface area contributed by atoms with Gasteiger partial charge in [-0.15, -0.1) is 0 Å². The summed E-state index contributed by atoms with van der Waals surface area (Å²) < 4.78 is 12.8. The third-order valence-corrected chi connectivity index (χ3v) is 4.57. The summed E-state index contributed by atoms with van der Waals surface area (Å²) >= 11 is 9.47. The van der Waals surface area contributed by atoms with Crippen LogP contribution in [0.1, 0.15) is 5.56 Å². The Hall–Kier alpha value is -2.26. The molecule has 0 fully saturated rings. The average molecular weight is 415 g/mol. The molecule has 2 heterocycles. The minimum absolute atomic E-state index is 0.0641. The Morgan fingerprint density at radius 1 is 1.33 bits per heavy atom. The van der Waals surface area contributed by atoms with Crippen molar-refractivity contribution < 1.29 is 14.6 Å². The van der Waals surface area contributed by atoms with Crippen molar-refractivity contribution in [1.82, 2.24) is 19.5 Å². The van der Waals surface area contributed by atoms with E-state index in [0.717, 1.165) is 5.56 Å². The maximum absolute atomic E-state index is 10.1. The number of anilines is 1. The Bertz CT molecular complexity index is 931. The summed E-state index contributed by atoms with van der Waals surface area (Å²) in [6.45, 7) is 0.372. The van der Waals surface area contributed by atoms with Crippen LogP contribution >= 0.6 is 27.5 Å². The number of nitrogen functional groups attached to an aromatic ring is 1. The van der Waals surface area contributed by atoms with Crippen molar-refractivity contribution in [3.05, 3.63) is 27.6 Å². The van der Waals surface area contributed by atoms with Crippen LogP contribution in [0, 0.1) is 0 Å². The van der Waals surface area contributed by atoms with E-state index in [1.54, 1.807) is 17.0 Å². The smallest absolute Gasteiger partial charge is 0.223 e. The molecule has 3 aromatic rings. The highest BCUT2D eigenvalue weighted by Crippen LogP contribution is 2.44. The first-order chi connectivity index (χ1) is 11.5. The summed E-state index contributed by atoms with van der Waals surface area (Å²) in [4.78, 5) is 12.3. The molecule has 0 saturated heterocycles. The maximum Gasteiger partial charge on any atom is 0.223 e. The molecule has 1 aromatic carbocycles. The van der Waals surface area contributed by atoms with Gasteiger partial charge in [-0.1, -0.05) is 11.6 Å². The first-order valence-electron chi connectivity index (χ1n) is 6.72. The summed E-state index contributed by atoms with van der Waals surface area (Å²) in [5.74, 6) is 0.553. The standard InChI is InChI=1S/C14H13BrClN5O3/c1-23-7-3-6(8(15)11(24-2)10(7)22)4-21-5-18-9-12(16)19-14(17)20-13(9)21/h3,5,22H,4H2,1-2H3,(H2,17,19,20). The number of hydrogen-bond acceptors (Lipinski definition) is 7. The highest BCUT2D eigenvalue weighted by molar-refractivity contribution is 9.10. The van der Waals surface area contributed by atoms with Gasteiger partial charge < -0.3 is 24.9 Å². The van der Waals surface area contributed by atoms with Crippen LogP contribution in [-0.2, 0) is 6.54 Å². The molecule has 0 radical (unpaired) electrons. The van der Waals surface area contributed by atoms with Crippen molar-refractivity contribution in [3.63, 3.8) is 0 Å². The largest absolute Gasteiger partial charge is 0.502 e. The average Bonchev–Trinajstić information content (AvgIpc) is 2.93. The number of nitrogens with zero attached hydrogens (tertiary/aromatic N) is 4. The van der Waals surface area contributed by atoms with E-state index in [0.29, 0.717) is 27.9 Å². The minimum atomic E-state index is -0.0827. The Morgan fingerprint density at radius 3 is 2.75 bits per heavy atom. The van der Waals surface area contributed by atoms with Crippen molar-refractivity contribution in [2.75, 3.05) is 20.0 Å². The number of ether oxygens (including phenoxy) is 2. The molecule has 0 bridgehead atoms. The topological polar surface area (TPSA) is 108 Å². The highest BCUT2D eigenvalue weighted by Gasteiger charge is 2.19. The molecule has 8 nitrogen and oxygen atoms in total. The zero-order chi connectivity index (χ0) is 17.4. The van der Waals surface area contributed by atoms with Gasteiger partial charge in [-0.05, 0) is 27.6 Å². The molecule has 0 amide bonds. The second kappa shape index (κ2) is 6.33. The van der Waals surface area contributed by atoms with Crippen LogP contribution in [0.5, 0.6) is 17.2 Å². The number of hydrogen-bond donors (Lipinski definition) is 2. The van der Waals surface area contributed by atoms with Crippen molar-refractivity contribution in [2.24, 2.45) is 0 Å². The SMILES string of the molecule is COc1cc(Cn2cnc3c(Cl)nc(N)nc32)c(Br)c(OC)c1O. The van der Waals surface area contributed by atoms with E-state index < -0.39 is 0 Å². The number of fused-ring (bicyclic) bond motifs is 1. The fourth-order valence-corrected chi connectivity index (χ4v) is 3.14. The fraction of sp³-hybridized carbons (Fsp3) is 0.214. The number of halogens is 2. The molecule has 0 spiro atoms. The number of phenolic OH excluding ortho intramolecular Hbond substituents is 1. The van der Waals surface area contributed by atoms with Gasteiger partial charge in [0.25, 0.3) is 0 Å².